The predicted octanol–water partition coefficient (Wildman–Crippen LogP) is 1.33. The van der Waals surface area contributed by atoms with Gasteiger partial charge in [-0.05, 0) is 42.3 Å². The number of amides is 1. The molecule has 1 aromatic heterocycles. The zero-order valence-electron chi connectivity index (χ0n) is 11.8. The Kier molecular flexibility index (Phi) is 3.43. The van der Waals surface area contributed by atoms with E-state index in [1.807, 2.05) is 31.2 Å². The first-order valence-corrected chi connectivity index (χ1v) is 6.91. The first kappa shape index (κ1) is 13.4. The third-order valence-corrected chi connectivity index (χ3v) is 3.50. The highest BCUT2D eigenvalue weighted by molar-refractivity contribution is 5.92. The van der Waals surface area contributed by atoms with Crippen molar-refractivity contribution in [3.05, 3.63) is 47.2 Å². The Bertz CT molecular complexity index is 668. The number of hydrogen-bond acceptors (Lipinski definition) is 5. The van der Waals surface area contributed by atoms with Gasteiger partial charge in [0.2, 0.25) is 0 Å². The largest absolute Gasteiger partial charge is 0.399 e. The minimum atomic E-state index is -0.200. The number of carbonyl (C=O) groups is 1. The van der Waals surface area contributed by atoms with Crippen LogP contribution < -0.4 is 16.0 Å². The zero-order chi connectivity index (χ0) is 14.8. The van der Waals surface area contributed by atoms with Gasteiger partial charge < -0.3 is 16.0 Å². The molecule has 108 valence electrons. The second-order valence-corrected chi connectivity index (χ2v) is 5.02. The molecule has 6 nitrogen and oxygen atoms in total. The molecule has 0 spiro atoms. The number of fused-ring (bicyclic) bond motifs is 1. The highest BCUT2D eigenvalue weighted by atomic mass is 16.1. The van der Waals surface area contributed by atoms with E-state index in [1.54, 1.807) is 6.07 Å². The summed E-state index contributed by atoms with van der Waals surface area (Å²) in [5, 5.41) is 10.8. The number of nitrogens with one attached hydrogen (secondary N) is 1. The van der Waals surface area contributed by atoms with Gasteiger partial charge in [0.25, 0.3) is 5.91 Å². The highest BCUT2D eigenvalue weighted by Crippen LogP contribution is 2.27. The van der Waals surface area contributed by atoms with Crippen molar-refractivity contribution < 1.29 is 4.79 Å². The van der Waals surface area contributed by atoms with E-state index >= 15 is 0 Å². The van der Waals surface area contributed by atoms with Crippen LogP contribution in [0.3, 0.4) is 0 Å². The third-order valence-electron chi connectivity index (χ3n) is 3.50. The first-order chi connectivity index (χ1) is 10.2. The summed E-state index contributed by atoms with van der Waals surface area (Å²) in [4.78, 5) is 13.8. The Morgan fingerprint density at radius 3 is 2.76 bits per heavy atom. The van der Waals surface area contributed by atoms with Crippen molar-refractivity contribution in [2.75, 3.05) is 17.2 Å². The van der Waals surface area contributed by atoms with Crippen molar-refractivity contribution >= 4 is 17.4 Å². The molecule has 0 fully saturated rings. The van der Waals surface area contributed by atoms with Gasteiger partial charge in [-0.2, -0.15) is 0 Å². The molecular formula is C15H17N5O. The molecule has 21 heavy (non-hydrogen) atoms. The molecule has 1 aromatic carbocycles. The van der Waals surface area contributed by atoms with Crippen LogP contribution in [-0.4, -0.2) is 22.6 Å². The Morgan fingerprint density at radius 2 is 2.05 bits per heavy atom. The summed E-state index contributed by atoms with van der Waals surface area (Å²) in [7, 11) is 0. The normalized spacial score (nSPS) is 13.1. The van der Waals surface area contributed by atoms with E-state index in [9.17, 15) is 4.79 Å². The lowest BCUT2D eigenvalue weighted by Crippen LogP contribution is -2.24. The van der Waals surface area contributed by atoms with E-state index in [2.05, 4.69) is 20.4 Å². The van der Waals surface area contributed by atoms with E-state index in [1.165, 1.54) is 11.1 Å². The molecule has 0 radical (unpaired) electrons. The Labute approximate surface area is 123 Å². The lowest BCUT2D eigenvalue weighted by molar-refractivity contribution is 0.0950. The van der Waals surface area contributed by atoms with Crippen LogP contribution in [0.15, 0.2) is 30.3 Å². The molecule has 2 heterocycles. The van der Waals surface area contributed by atoms with Crippen molar-refractivity contribution in [1.82, 2.24) is 15.5 Å². The Morgan fingerprint density at radius 1 is 1.24 bits per heavy atom. The summed E-state index contributed by atoms with van der Waals surface area (Å²) >= 11 is 0. The van der Waals surface area contributed by atoms with Crippen LogP contribution in [0, 0.1) is 0 Å². The smallest absolute Gasteiger partial charge is 0.271 e. The van der Waals surface area contributed by atoms with Crippen LogP contribution in [0.5, 0.6) is 0 Å². The molecular weight excluding hydrogens is 266 g/mol. The molecule has 6 heteroatoms. The molecule has 0 atom stereocenters. The SMILES string of the molecule is CCNC(=O)c1ccc(N2Cc3ccc(N)cc3C2)nn1. The first-order valence-electron chi connectivity index (χ1n) is 6.91. The number of anilines is 2. The summed E-state index contributed by atoms with van der Waals surface area (Å²) in [6.45, 7) is 3.98. The standard InChI is InChI=1S/C15H17N5O/c1-2-17-15(21)13-5-6-14(19-18-13)20-8-10-3-4-12(16)7-11(10)9-20/h3-7H,2,8-9,16H2,1H3,(H,17,21). The van der Waals surface area contributed by atoms with E-state index in [4.69, 9.17) is 5.73 Å². The monoisotopic (exact) mass is 283 g/mol. The number of nitrogens with zero attached hydrogens (tertiary/aromatic N) is 3. The van der Waals surface area contributed by atoms with Gasteiger partial charge in [0, 0.05) is 25.3 Å². The van der Waals surface area contributed by atoms with Gasteiger partial charge in [-0.15, -0.1) is 10.2 Å². The topological polar surface area (TPSA) is 84.1 Å². The van der Waals surface area contributed by atoms with Gasteiger partial charge in [-0.25, -0.2) is 0 Å². The summed E-state index contributed by atoms with van der Waals surface area (Å²) in [6.07, 6.45) is 0. The summed E-state index contributed by atoms with van der Waals surface area (Å²) < 4.78 is 0. The van der Waals surface area contributed by atoms with Crippen LogP contribution in [0.4, 0.5) is 11.5 Å². The molecule has 0 aliphatic carbocycles. The second kappa shape index (κ2) is 5.40. The van der Waals surface area contributed by atoms with E-state index in [0.29, 0.717) is 12.2 Å². The lowest BCUT2D eigenvalue weighted by Gasteiger charge is -2.15. The number of nitrogen functional groups attached to an aromatic ring is 1. The van der Waals surface area contributed by atoms with Gasteiger partial charge in [0.1, 0.15) is 0 Å². The summed E-state index contributed by atoms with van der Waals surface area (Å²) in [5.41, 5.74) is 9.37. The van der Waals surface area contributed by atoms with Crippen molar-refractivity contribution in [2.45, 2.75) is 20.0 Å². The van der Waals surface area contributed by atoms with Crippen molar-refractivity contribution in [3.8, 4) is 0 Å². The number of benzene rings is 1. The predicted molar refractivity (Wildman–Crippen MR) is 80.8 cm³/mol. The molecule has 1 aliphatic rings. The number of hydrogen-bond donors (Lipinski definition) is 2. The average Bonchev–Trinajstić information content (AvgIpc) is 2.90. The van der Waals surface area contributed by atoms with Crippen LogP contribution in [0.25, 0.3) is 0 Å². The Balaban J connectivity index is 1.76. The van der Waals surface area contributed by atoms with Crippen LogP contribution in [-0.2, 0) is 13.1 Å². The quantitative estimate of drug-likeness (QED) is 0.830. The van der Waals surface area contributed by atoms with Crippen molar-refractivity contribution in [2.24, 2.45) is 0 Å². The maximum atomic E-state index is 11.7. The molecule has 3 N–H and O–H groups in total. The van der Waals surface area contributed by atoms with Gasteiger partial charge in [0.05, 0.1) is 0 Å². The molecule has 0 saturated carbocycles. The van der Waals surface area contributed by atoms with Gasteiger partial charge in [-0.3, -0.25) is 4.79 Å². The number of nitrogens with two attached hydrogens (primary N) is 1. The second-order valence-electron chi connectivity index (χ2n) is 5.02. The number of aromatic nitrogens is 2. The van der Waals surface area contributed by atoms with E-state index in [-0.39, 0.29) is 5.91 Å². The molecule has 0 bridgehead atoms. The van der Waals surface area contributed by atoms with Crippen LogP contribution in [0.2, 0.25) is 0 Å². The van der Waals surface area contributed by atoms with Crippen molar-refractivity contribution in [3.63, 3.8) is 0 Å². The maximum absolute atomic E-state index is 11.7. The third kappa shape index (κ3) is 2.65. The van der Waals surface area contributed by atoms with E-state index in [0.717, 1.165) is 24.6 Å². The van der Waals surface area contributed by atoms with Crippen LogP contribution >= 0.6 is 0 Å². The van der Waals surface area contributed by atoms with Gasteiger partial charge >= 0.3 is 0 Å². The lowest BCUT2D eigenvalue weighted by atomic mass is 10.1. The molecule has 0 saturated heterocycles. The Hall–Kier alpha value is -2.63. The number of carbonyl (C=O) groups excluding carboxylic acids is 1. The molecule has 1 amide bonds. The fourth-order valence-corrected chi connectivity index (χ4v) is 2.44. The molecule has 2 aromatic rings. The maximum Gasteiger partial charge on any atom is 0.271 e. The highest BCUT2D eigenvalue weighted by Gasteiger charge is 2.20. The van der Waals surface area contributed by atoms with Gasteiger partial charge in [-0.1, -0.05) is 6.07 Å². The number of rotatable bonds is 3. The van der Waals surface area contributed by atoms with Crippen LogP contribution in [0.1, 0.15) is 28.5 Å². The molecule has 3 rings (SSSR count). The van der Waals surface area contributed by atoms with E-state index < -0.39 is 0 Å². The summed E-state index contributed by atoms with van der Waals surface area (Å²) in [6, 6.07) is 9.47. The van der Waals surface area contributed by atoms with Gasteiger partial charge in [0.15, 0.2) is 11.5 Å². The zero-order valence-corrected chi connectivity index (χ0v) is 11.8. The molecule has 1 aliphatic heterocycles. The summed E-state index contributed by atoms with van der Waals surface area (Å²) in [5.74, 6) is 0.562. The molecule has 0 unspecified atom stereocenters. The fraction of sp³-hybridized carbons (Fsp3) is 0.267. The van der Waals surface area contributed by atoms with Crippen molar-refractivity contribution in [1.29, 1.82) is 0 Å². The minimum absolute atomic E-state index is 0.200. The minimum Gasteiger partial charge on any atom is -0.399 e. The fourth-order valence-electron chi connectivity index (χ4n) is 2.44. The average molecular weight is 283 g/mol.